The Morgan fingerprint density at radius 1 is 1.54 bits per heavy atom. The maximum absolute atomic E-state index is 9.41. The minimum absolute atomic E-state index is 0.121. The fourth-order valence-corrected chi connectivity index (χ4v) is 1.01. The molecule has 1 rings (SSSR count). The van der Waals surface area contributed by atoms with Gasteiger partial charge in [-0.1, -0.05) is 0 Å². The highest BCUT2D eigenvalue weighted by molar-refractivity contribution is 5.51. The van der Waals surface area contributed by atoms with Crippen molar-refractivity contribution in [3.05, 3.63) is 23.3 Å². The van der Waals surface area contributed by atoms with Crippen molar-refractivity contribution in [1.29, 1.82) is 5.26 Å². The monoisotopic (exact) mass is 179 g/mol. The molecule has 0 heterocycles. The summed E-state index contributed by atoms with van der Waals surface area (Å²) < 4.78 is 4.82. The molecule has 0 unspecified atom stereocenters. The summed E-state index contributed by atoms with van der Waals surface area (Å²) in [4.78, 5) is 0. The van der Waals surface area contributed by atoms with E-state index < -0.39 is 0 Å². The molecule has 4 nitrogen and oxygen atoms in total. The third-order valence-corrected chi connectivity index (χ3v) is 1.67. The van der Waals surface area contributed by atoms with Crippen molar-refractivity contribution in [2.45, 2.75) is 6.61 Å². The number of aliphatic hydroxyl groups excluding tert-OH is 1. The van der Waals surface area contributed by atoms with Crippen LogP contribution in [0.5, 0.6) is 11.5 Å². The molecule has 13 heavy (non-hydrogen) atoms. The molecule has 2 N–H and O–H groups in total. The van der Waals surface area contributed by atoms with E-state index in [0.717, 1.165) is 0 Å². The molecule has 0 bridgehead atoms. The van der Waals surface area contributed by atoms with Crippen molar-refractivity contribution in [3.8, 4) is 17.6 Å². The van der Waals surface area contributed by atoms with Crippen molar-refractivity contribution in [1.82, 2.24) is 0 Å². The molecule has 4 heteroatoms. The lowest BCUT2D eigenvalue weighted by Gasteiger charge is -2.07. The van der Waals surface area contributed by atoms with Gasteiger partial charge in [0.05, 0.1) is 25.3 Å². The number of nitriles is 1. The van der Waals surface area contributed by atoms with Crippen LogP contribution >= 0.6 is 0 Å². The van der Waals surface area contributed by atoms with Gasteiger partial charge in [-0.15, -0.1) is 0 Å². The molecule has 0 saturated carbocycles. The summed E-state index contributed by atoms with van der Waals surface area (Å²) in [6, 6.07) is 4.73. The molecule has 0 aliphatic heterocycles. The van der Waals surface area contributed by atoms with Gasteiger partial charge in [-0.25, -0.2) is 0 Å². The molecule has 0 amide bonds. The number of benzene rings is 1. The number of aromatic hydroxyl groups is 1. The Bertz CT molecular complexity index is 329. The number of ether oxygens (including phenoxy) is 1. The average molecular weight is 179 g/mol. The smallest absolute Gasteiger partial charge is 0.163 e. The molecular weight excluding hydrogens is 170 g/mol. The van der Waals surface area contributed by atoms with Crippen LogP contribution in [0, 0.1) is 11.3 Å². The number of rotatable bonds is 2. The molecule has 0 aliphatic rings. The Balaban J connectivity index is 3.30. The van der Waals surface area contributed by atoms with Gasteiger partial charge in [0.25, 0.3) is 0 Å². The Morgan fingerprint density at radius 2 is 2.23 bits per heavy atom. The molecule has 0 radical (unpaired) electrons. The lowest BCUT2D eigenvalue weighted by molar-refractivity contribution is 0.272. The van der Waals surface area contributed by atoms with E-state index in [2.05, 4.69) is 0 Å². The van der Waals surface area contributed by atoms with E-state index in [1.165, 1.54) is 19.2 Å². The minimum atomic E-state index is -0.322. The standard InChI is InChI=1S/C9H9NO3/c1-13-8-3-6(4-10)2-7(5-11)9(8)12/h2-3,11-12H,5H2,1H3. The summed E-state index contributed by atoms with van der Waals surface area (Å²) in [5.74, 6) is 0.0760. The predicted octanol–water partition coefficient (Wildman–Crippen LogP) is 0.765. The summed E-state index contributed by atoms with van der Waals surface area (Å²) >= 11 is 0. The third-order valence-electron chi connectivity index (χ3n) is 1.67. The highest BCUT2D eigenvalue weighted by Gasteiger charge is 2.09. The van der Waals surface area contributed by atoms with Gasteiger partial charge in [0.1, 0.15) is 0 Å². The molecule has 0 aromatic heterocycles. The maximum Gasteiger partial charge on any atom is 0.163 e. The molecule has 0 atom stereocenters. The quantitative estimate of drug-likeness (QED) is 0.703. The van der Waals surface area contributed by atoms with E-state index >= 15 is 0 Å². The molecule has 0 spiro atoms. The molecule has 0 aliphatic carbocycles. The summed E-state index contributed by atoms with van der Waals surface area (Å²) in [5, 5.41) is 26.8. The second-order valence-corrected chi connectivity index (χ2v) is 2.46. The molecule has 1 aromatic carbocycles. The summed E-state index contributed by atoms with van der Waals surface area (Å²) in [7, 11) is 1.39. The second kappa shape index (κ2) is 3.78. The second-order valence-electron chi connectivity index (χ2n) is 2.46. The normalized spacial score (nSPS) is 9.31. The summed E-state index contributed by atoms with van der Waals surface area (Å²) in [6.45, 7) is -0.322. The van der Waals surface area contributed by atoms with Gasteiger partial charge in [-0.05, 0) is 6.07 Å². The molecule has 68 valence electrons. The van der Waals surface area contributed by atoms with Crippen LogP contribution in [0.15, 0.2) is 12.1 Å². The zero-order chi connectivity index (χ0) is 9.84. The number of aliphatic hydroxyl groups is 1. The van der Waals surface area contributed by atoms with Crippen LogP contribution < -0.4 is 4.74 Å². The first kappa shape index (κ1) is 9.36. The van der Waals surface area contributed by atoms with Crippen molar-refractivity contribution in [3.63, 3.8) is 0 Å². The highest BCUT2D eigenvalue weighted by atomic mass is 16.5. The topological polar surface area (TPSA) is 73.5 Å². The van der Waals surface area contributed by atoms with Gasteiger partial charge in [0.2, 0.25) is 0 Å². The number of hydrogen-bond donors (Lipinski definition) is 2. The Morgan fingerprint density at radius 3 is 2.69 bits per heavy atom. The van der Waals surface area contributed by atoms with E-state index in [-0.39, 0.29) is 23.7 Å². The van der Waals surface area contributed by atoms with Crippen molar-refractivity contribution in [2.75, 3.05) is 7.11 Å². The van der Waals surface area contributed by atoms with Gasteiger partial charge < -0.3 is 14.9 Å². The van der Waals surface area contributed by atoms with Crippen LogP contribution in [0.3, 0.4) is 0 Å². The summed E-state index contributed by atoms with van der Waals surface area (Å²) in [5.41, 5.74) is 0.634. The van der Waals surface area contributed by atoms with E-state index in [4.69, 9.17) is 15.1 Å². The molecular formula is C9H9NO3. The van der Waals surface area contributed by atoms with Gasteiger partial charge in [-0.3, -0.25) is 0 Å². The molecule has 1 aromatic rings. The predicted molar refractivity (Wildman–Crippen MR) is 45.3 cm³/mol. The van der Waals surface area contributed by atoms with E-state index in [9.17, 15) is 5.11 Å². The SMILES string of the molecule is COc1cc(C#N)cc(CO)c1O. The molecule has 0 fully saturated rings. The van der Waals surface area contributed by atoms with Crippen molar-refractivity contribution in [2.24, 2.45) is 0 Å². The lowest BCUT2D eigenvalue weighted by atomic mass is 10.1. The molecule has 0 saturated heterocycles. The number of methoxy groups -OCH3 is 1. The van der Waals surface area contributed by atoms with Crippen molar-refractivity contribution < 1.29 is 14.9 Å². The van der Waals surface area contributed by atoms with Gasteiger partial charge in [0, 0.05) is 11.6 Å². The first-order chi connectivity index (χ1) is 6.22. The zero-order valence-corrected chi connectivity index (χ0v) is 7.11. The van der Waals surface area contributed by atoms with Crippen LogP contribution in [0.1, 0.15) is 11.1 Å². The Hall–Kier alpha value is -1.73. The third kappa shape index (κ3) is 1.71. The fraction of sp³-hybridized carbons (Fsp3) is 0.222. The number of hydrogen-bond acceptors (Lipinski definition) is 4. The highest BCUT2D eigenvalue weighted by Crippen LogP contribution is 2.31. The van der Waals surface area contributed by atoms with E-state index in [0.29, 0.717) is 5.56 Å². The summed E-state index contributed by atoms with van der Waals surface area (Å²) in [6.07, 6.45) is 0. The van der Waals surface area contributed by atoms with Crippen LogP contribution in [-0.4, -0.2) is 17.3 Å². The first-order valence-corrected chi connectivity index (χ1v) is 3.63. The van der Waals surface area contributed by atoms with Gasteiger partial charge in [-0.2, -0.15) is 5.26 Å². The van der Waals surface area contributed by atoms with Crippen LogP contribution in [0.2, 0.25) is 0 Å². The van der Waals surface area contributed by atoms with E-state index in [1.54, 1.807) is 0 Å². The van der Waals surface area contributed by atoms with Gasteiger partial charge in [0.15, 0.2) is 11.5 Å². The van der Waals surface area contributed by atoms with Crippen LogP contribution in [0.25, 0.3) is 0 Å². The largest absolute Gasteiger partial charge is 0.504 e. The Kier molecular flexibility index (Phi) is 2.72. The van der Waals surface area contributed by atoms with Gasteiger partial charge >= 0.3 is 0 Å². The van der Waals surface area contributed by atoms with Crippen LogP contribution in [0.4, 0.5) is 0 Å². The van der Waals surface area contributed by atoms with Crippen LogP contribution in [-0.2, 0) is 6.61 Å². The fourth-order valence-electron chi connectivity index (χ4n) is 1.01. The first-order valence-electron chi connectivity index (χ1n) is 3.63. The maximum atomic E-state index is 9.41. The minimum Gasteiger partial charge on any atom is -0.504 e. The van der Waals surface area contributed by atoms with Crippen molar-refractivity contribution >= 4 is 0 Å². The average Bonchev–Trinajstić information content (AvgIpc) is 2.18. The zero-order valence-electron chi connectivity index (χ0n) is 7.11. The number of nitrogens with zero attached hydrogens (tertiary/aromatic N) is 1. The number of phenols is 1. The van der Waals surface area contributed by atoms with E-state index in [1.807, 2.05) is 6.07 Å². The lowest BCUT2D eigenvalue weighted by Crippen LogP contribution is -1.91. The Labute approximate surface area is 75.6 Å².